The summed E-state index contributed by atoms with van der Waals surface area (Å²) in [4.78, 5) is 27.3. The molecule has 0 bridgehead atoms. The average molecular weight is 391 g/mol. The van der Waals surface area contributed by atoms with Crippen LogP contribution in [0.25, 0.3) is 0 Å². The van der Waals surface area contributed by atoms with Gasteiger partial charge in [0.25, 0.3) is 0 Å². The molecule has 0 radical (unpaired) electrons. The number of anilines is 2. The van der Waals surface area contributed by atoms with Crippen LogP contribution in [0, 0.1) is 6.92 Å². The highest BCUT2D eigenvalue weighted by Gasteiger charge is 2.17. The summed E-state index contributed by atoms with van der Waals surface area (Å²) in [6.07, 6.45) is 3.45. The van der Waals surface area contributed by atoms with Crippen LogP contribution in [0.1, 0.15) is 30.7 Å². The molecule has 2 heterocycles. The molecule has 0 atom stereocenters. The Morgan fingerprint density at radius 2 is 2.00 bits per heavy atom. The predicted octanol–water partition coefficient (Wildman–Crippen LogP) is 3.15. The molecule has 2 amide bonds. The Hall–Kier alpha value is -2.61. The lowest BCUT2D eigenvalue weighted by Crippen LogP contribution is -2.32. The molecule has 0 spiro atoms. The van der Waals surface area contributed by atoms with Crippen LogP contribution in [0.3, 0.4) is 0 Å². The summed E-state index contributed by atoms with van der Waals surface area (Å²) in [5, 5.41) is 6.08. The minimum absolute atomic E-state index is 0.158. The molecular weight excluding hydrogens is 368 g/mol. The lowest BCUT2D eigenvalue weighted by molar-refractivity contribution is 0.251. The first-order valence-electron chi connectivity index (χ1n) is 8.90. The van der Waals surface area contributed by atoms with Gasteiger partial charge in [0.2, 0.25) is 5.95 Å². The summed E-state index contributed by atoms with van der Waals surface area (Å²) in [5.74, 6) is 1.03. The van der Waals surface area contributed by atoms with Gasteiger partial charge >= 0.3 is 12.0 Å². The number of carbonyl (C=O) groups is 1. The summed E-state index contributed by atoms with van der Waals surface area (Å²) in [5.41, 5.74) is 1.57. The molecule has 1 fully saturated rings. The number of rotatable bonds is 5. The number of benzene rings is 1. The van der Waals surface area contributed by atoms with Crippen molar-refractivity contribution < 1.29 is 9.53 Å². The van der Waals surface area contributed by atoms with Gasteiger partial charge in [-0.15, -0.1) is 0 Å². The topological polar surface area (TPSA) is 92.3 Å². The van der Waals surface area contributed by atoms with E-state index in [0.29, 0.717) is 22.5 Å². The zero-order valence-corrected chi connectivity index (χ0v) is 16.2. The van der Waals surface area contributed by atoms with Crippen LogP contribution >= 0.6 is 11.6 Å². The molecule has 1 aliphatic heterocycles. The second-order valence-electron chi connectivity index (χ2n) is 6.36. The van der Waals surface area contributed by atoms with Gasteiger partial charge in [-0.1, -0.05) is 17.7 Å². The Morgan fingerprint density at radius 3 is 2.70 bits per heavy atom. The van der Waals surface area contributed by atoms with Crippen LogP contribution in [-0.4, -0.2) is 41.2 Å². The minimum Gasteiger partial charge on any atom is -0.467 e. The molecule has 0 aliphatic carbocycles. The highest BCUT2D eigenvalue weighted by Crippen LogP contribution is 2.20. The van der Waals surface area contributed by atoms with Crippen molar-refractivity contribution in [3.8, 4) is 6.01 Å². The molecule has 27 heavy (non-hydrogen) atoms. The molecule has 1 aliphatic rings. The second kappa shape index (κ2) is 8.85. The van der Waals surface area contributed by atoms with E-state index in [1.54, 1.807) is 12.1 Å². The molecule has 2 N–H and O–H groups in total. The van der Waals surface area contributed by atoms with Crippen molar-refractivity contribution in [3.05, 3.63) is 34.6 Å². The fourth-order valence-corrected chi connectivity index (χ4v) is 2.98. The fraction of sp³-hybridized carbons (Fsp3) is 0.444. The minimum atomic E-state index is -0.367. The summed E-state index contributed by atoms with van der Waals surface area (Å²) < 4.78 is 5.18. The molecule has 1 aromatic heterocycles. The van der Waals surface area contributed by atoms with E-state index in [2.05, 4.69) is 30.5 Å². The molecule has 0 unspecified atom stereocenters. The van der Waals surface area contributed by atoms with Gasteiger partial charge in [-0.3, -0.25) is 0 Å². The third-order valence-corrected chi connectivity index (χ3v) is 4.71. The summed E-state index contributed by atoms with van der Waals surface area (Å²) in [6.45, 7) is 3.88. The molecule has 2 aromatic rings. The van der Waals surface area contributed by atoms with E-state index >= 15 is 0 Å². The van der Waals surface area contributed by atoms with Crippen LogP contribution < -0.4 is 20.3 Å². The van der Waals surface area contributed by atoms with Gasteiger partial charge in [-0.2, -0.15) is 15.0 Å². The number of methoxy groups -OCH3 is 1. The first-order valence-corrected chi connectivity index (χ1v) is 9.28. The van der Waals surface area contributed by atoms with Crippen LogP contribution in [0.15, 0.2) is 18.2 Å². The number of nitrogens with zero attached hydrogens (tertiary/aromatic N) is 4. The number of hydrogen-bond donors (Lipinski definition) is 2. The second-order valence-corrected chi connectivity index (χ2v) is 6.76. The standard InChI is InChI=1S/C18H23ClN6O2/c1-12-6-7-13(10-14(12)19)21-17(26)20-11-15-22-16(24-18(23-15)27-2)25-8-4-3-5-9-25/h6-7,10H,3-5,8-9,11H2,1-2H3,(H2,20,21,26). The summed E-state index contributed by atoms with van der Waals surface area (Å²) in [6, 6.07) is 5.22. The average Bonchev–Trinajstić information content (AvgIpc) is 2.69. The third kappa shape index (κ3) is 5.19. The number of urea groups is 1. The highest BCUT2D eigenvalue weighted by atomic mass is 35.5. The number of aryl methyl sites for hydroxylation is 1. The number of piperidine rings is 1. The number of carbonyl (C=O) groups excluding carboxylic acids is 1. The maximum Gasteiger partial charge on any atom is 0.321 e. The maximum atomic E-state index is 12.1. The van der Waals surface area contributed by atoms with Gasteiger partial charge in [-0.25, -0.2) is 4.79 Å². The number of halogens is 1. The van der Waals surface area contributed by atoms with Crippen LogP contribution in [0.5, 0.6) is 6.01 Å². The SMILES string of the molecule is COc1nc(CNC(=O)Nc2ccc(C)c(Cl)c2)nc(N2CCCCC2)n1. The van der Waals surface area contributed by atoms with Crippen molar-refractivity contribution >= 4 is 29.3 Å². The molecule has 3 rings (SSSR count). The number of amides is 2. The van der Waals surface area contributed by atoms with Gasteiger partial charge in [-0.05, 0) is 43.9 Å². The highest BCUT2D eigenvalue weighted by molar-refractivity contribution is 6.31. The molecule has 1 saturated heterocycles. The van der Waals surface area contributed by atoms with Crippen molar-refractivity contribution in [2.45, 2.75) is 32.7 Å². The predicted molar refractivity (Wildman–Crippen MR) is 104 cm³/mol. The van der Waals surface area contributed by atoms with Gasteiger partial charge < -0.3 is 20.3 Å². The van der Waals surface area contributed by atoms with E-state index in [-0.39, 0.29) is 18.6 Å². The smallest absolute Gasteiger partial charge is 0.321 e. The van der Waals surface area contributed by atoms with E-state index in [9.17, 15) is 4.79 Å². The van der Waals surface area contributed by atoms with Gasteiger partial charge in [0.1, 0.15) is 0 Å². The maximum absolute atomic E-state index is 12.1. The van der Waals surface area contributed by atoms with E-state index in [1.165, 1.54) is 13.5 Å². The zero-order valence-electron chi connectivity index (χ0n) is 15.5. The Kier molecular flexibility index (Phi) is 6.28. The van der Waals surface area contributed by atoms with Crippen LogP contribution in [0.4, 0.5) is 16.4 Å². The summed E-state index contributed by atoms with van der Waals surface area (Å²) >= 11 is 6.08. The van der Waals surface area contributed by atoms with Crippen molar-refractivity contribution in [3.63, 3.8) is 0 Å². The van der Waals surface area contributed by atoms with Crippen molar-refractivity contribution in [2.75, 3.05) is 30.4 Å². The number of ether oxygens (including phenoxy) is 1. The Labute approximate surface area is 163 Å². The number of nitrogens with one attached hydrogen (secondary N) is 2. The van der Waals surface area contributed by atoms with E-state index < -0.39 is 0 Å². The molecular formula is C18H23ClN6O2. The monoisotopic (exact) mass is 390 g/mol. The van der Waals surface area contributed by atoms with Crippen molar-refractivity contribution in [2.24, 2.45) is 0 Å². The first kappa shape index (κ1) is 19.2. The zero-order chi connectivity index (χ0) is 19.2. The number of aromatic nitrogens is 3. The lowest BCUT2D eigenvalue weighted by atomic mass is 10.1. The van der Waals surface area contributed by atoms with Gasteiger partial charge in [0, 0.05) is 23.8 Å². The third-order valence-electron chi connectivity index (χ3n) is 4.31. The molecule has 144 valence electrons. The Balaban J connectivity index is 1.63. The normalized spacial score (nSPS) is 14.0. The first-order chi connectivity index (χ1) is 13.0. The van der Waals surface area contributed by atoms with Crippen molar-refractivity contribution in [1.82, 2.24) is 20.3 Å². The van der Waals surface area contributed by atoms with Crippen molar-refractivity contribution in [1.29, 1.82) is 0 Å². The van der Waals surface area contributed by atoms with Gasteiger partial charge in [0.15, 0.2) is 5.82 Å². The Morgan fingerprint density at radius 1 is 1.22 bits per heavy atom. The largest absolute Gasteiger partial charge is 0.467 e. The van der Waals surface area contributed by atoms with Crippen LogP contribution in [0.2, 0.25) is 5.02 Å². The van der Waals surface area contributed by atoms with Gasteiger partial charge in [0.05, 0.1) is 13.7 Å². The number of hydrogen-bond acceptors (Lipinski definition) is 6. The lowest BCUT2D eigenvalue weighted by Gasteiger charge is -2.26. The molecule has 9 heteroatoms. The summed E-state index contributed by atoms with van der Waals surface area (Å²) in [7, 11) is 1.51. The van der Waals surface area contributed by atoms with E-state index in [4.69, 9.17) is 16.3 Å². The quantitative estimate of drug-likeness (QED) is 0.814. The molecule has 8 nitrogen and oxygen atoms in total. The van der Waals surface area contributed by atoms with E-state index in [0.717, 1.165) is 31.5 Å². The fourth-order valence-electron chi connectivity index (χ4n) is 2.80. The Bertz CT molecular complexity index is 810. The van der Waals surface area contributed by atoms with E-state index in [1.807, 2.05) is 13.0 Å². The van der Waals surface area contributed by atoms with Crippen LogP contribution in [-0.2, 0) is 6.54 Å². The molecule has 1 aromatic carbocycles. The molecule has 0 saturated carbocycles.